The molecule has 1 N–H and O–H groups in total. The first-order valence-corrected chi connectivity index (χ1v) is 4.95. The highest BCUT2D eigenvalue weighted by atomic mass is 15.2. The first-order chi connectivity index (χ1) is 5.95. The molecule has 0 spiro atoms. The molecule has 2 aliphatic rings. The lowest BCUT2D eigenvalue weighted by Crippen LogP contribution is -2.42. The van der Waals surface area contributed by atoms with Gasteiger partial charge in [-0.2, -0.15) is 0 Å². The average Bonchev–Trinajstić information content (AvgIpc) is 2.46. The molecule has 1 fully saturated rings. The molecule has 0 radical (unpaired) electrons. The quantitative estimate of drug-likeness (QED) is 0.662. The third kappa shape index (κ3) is 1.97. The molecule has 2 rings (SSSR count). The van der Waals surface area contributed by atoms with E-state index in [1.807, 2.05) is 0 Å². The van der Waals surface area contributed by atoms with Gasteiger partial charge >= 0.3 is 0 Å². The third-order valence-electron chi connectivity index (χ3n) is 2.58. The third-order valence-corrected chi connectivity index (χ3v) is 2.58. The van der Waals surface area contributed by atoms with Gasteiger partial charge in [0.05, 0.1) is 5.84 Å². The fraction of sp³-hybridized carbons (Fsp3) is 0.889. The fourth-order valence-electron chi connectivity index (χ4n) is 1.65. The Morgan fingerprint density at radius 2 is 2.25 bits per heavy atom. The maximum absolute atomic E-state index is 4.36. The minimum absolute atomic E-state index is 1.03. The Kier molecular flexibility index (Phi) is 2.61. The molecular weight excluding hydrogens is 150 g/mol. The van der Waals surface area contributed by atoms with E-state index >= 15 is 0 Å². The molecule has 3 nitrogen and oxygen atoms in total. The van der Waals surface area contributed by atoms with Crippen molar-refractivity contribution >= 4 is 5.84 Å². The van der Waals surface area contributed by atoms with Crippen molar-refractivity contribution in [3.8, 4) is 0 Å². The van der Waals surface area contributed by atoms with Crippen LogP contribution >= 0.6 is 0 Å². The molecule has 2 aliphatic heterocycles. The highest BCUT2D eigenvalue weighted by molar-refractivity contribution is 5.83. The van der Waals surface area contributed by atoms with Gasteiger partial charge in [-0.25, -0.2) is 0 Å². The van der Waals surface area contributed by atoms with Crippen molar-refractivity contribution in [1.82, 2.24) is 10.2 Å². The number of rotatable bonds is 3. The van der Waals surface area contributed by atoms with E-state index in [4.69, 9.17) is 0 Å². The van der Waals surface area contributed by atoms with Crippen molar-refractivity contribution in [1.29, 1.82) is 0 Å². The monoisotopic (exact) mass is 167 g/mol. The van der Waals surface area contributed by atoms with Crippen molar-refractivity contribution in [2.75, 3.05) is 32.7 Å². The lowest BCUT2D eigenvalue weighted by Gasteiger charge is -2.30. The Bertz CT molecular complexity index is 173. The van der Waals surface area contributed by atoms with Gasteiger partial charge in [0.15, 0.2) is 0 Å². The Balaban J connectivity index is 1.55. The van der Waals surface area contributed by atoms with E-state index < -0.39 is 0 Å². The van der Waals surface area contributed by atoms with Crippen LogP contribution in [0.5, 0.6) is 0 Å². The van der Waals surface area contributed by atoms with E-state index in [2.05, 4.69) is 15.2 Å². The molecule has 12 heavy (non-hydrogen) atoms. The van der Waals surface area contributed by atoms with Gasteiger partial charge in [0.2, 0.25) is 0 Å². The lowest BCUT2D eigenvalue weighted by atomic mass is 10.2. The van der Waals surface area contributed by atoms with E-state index in [0.717, 1.165) is 13.1 Å². The molecule has 0 aromatic heterocycles. The van der Waals surface area contributed by atoms with Crippen LogP contribution in [0.15, 0.2) is 4.99 Å². The highest BCUT2D eigenvalue weighted by Crippen LogP contribution is 2.04. The van der Waals surface area contributed by atoms with E-state index in [1.165, 1.54) is 44.7 Å². The van der Waals surface area contributed by atoms with Crippen LogP contribution in [0.25, 0.3) is 0 Å². The minimum atomic E-state index is 1.03. The summed E-state index contributed by atoms with van der Waals surface area (Å²) in [6.07, 6.45) is 3.80. The second-order valence-electron chi connectivity index (χ2n) is 3.55. The predicted octanol–water partition coefficient (Wildman–Crippen LogP) is 0.474. The van der Waals surface area contributed by atoms with Crippen molar-refractivity contribution < 1.29 is 0 Å². The van der Waals surface area contributed by atoms with Crippen LogP contribution in [0.2, 0.25) is 0 Å². The van der Waals surface area contributed by atoms with Crippen LogP contribution in [0, 0.1) is 0 Å². The normalized spacial score (nSPS) is 23.5. The lowest BCUT2D eigenvalue weighted by molar-refractivity contribution is 0.185. The SMILES string of the molecule is C1CN=C(NCCN2CCC2)C1. The zero-order valence-electron chi connectivity index (χ0n) is 7.55. The summed E-state index contributed by atoms with van der Waals surface area (Å²) in [4.78, 5) is 6.84. The second kappa shape index (κ2) is 3.90. The van der Waals surface area contributed by atoms with E-state index in [9.17, 15) is 0 Å². The standard InChI is InChI=1S/C9H17N3/c1-3-9(10-4-1)11-5-8-12-6-2-7-12/h1-8H2,(H,10,11). The first-order valence-electron chi connectivity index (χ1n) is 4.95. The topological polar surface area (TPSA) is 27.6 Å². The summed E-state index contributed by atoms with van der Waals surface area (Å²) in [6, 6.07) is 0. The van der Waals surface area contributed by atoms with Gasteiger partial charge in [0, 0.05) is 26.1 Å². The molecule has 68 valence electrons. The van der Waals surface area contributed by atoms with Gasteiger partial charge in [-0.15, -0.1) is 0 Å². The summed E-state index contributed by atoms with van der Waals surface area (Å²) in [5, 5.41) is 3.39. The maximum atomic E-state index is 4.36. The van der Waals surface area contributed by atoms with Crippen molar-refractivity contribution in [3.63, 3.8) is 0 Å². The van der Waals surface area contributed by atoms with Crippen LogP contribution < -0.4 is 5.32 Å². The fourth-order valence-corrected chi connectivity index (χ4v) is 1.65. The Morgan fingerprint density at radius 1 is 1.33 bits per heavy atom. The molecular formula is C9H17N3. The summed E-state index contributed by atoms with van der Waals surface area (Å²) in [5.41, 5.74) is 0. The Morgan fingerprint density at radius 3 is 2.83 bits per heavy atom. The van der Waals surface area contributed by atoms with Gasteiger partial charge in [-0.05, 0) is 25.9 Å². The van der Waals surface area contributed by atoms with Crippen LogP contribution in [0.4, 0.5) is 0 Å². The zero-order chi connectivity index (χ0) is 8.23. The second-order valence-corrected chi connectivity index (χ2v) is 3.55. The molecule has 0 bridgehead atoms. The molecule has 0 aromatic carbocycles. The number of likely N-dealkylation sites (tertiary alicyclic amines) is 1. The van der Waals surface area contributed by atoms with Crippen molar-refractivity contribution in [2.24, 2.45) is 4.99 Å². The molecule has 0 aromatic rings. The summed E-state index contributed by atoms with van der Waals surface area (Å²) < 4.78 is 0. The maximum Gasteiger partial charge on any atom is 0.0964 e. The molecule has 3 heteroatoms. The number of hydrogen-bond donors (Lipinski definition) is 1. The van der Waals surface area contributed by atoms with Crippen LogP contribution in [-0.2, 0) is 0 Å². The van der Waals surface area contributed by atoms with Gasteiger partial charge in [-0.3, -0.25) is 4.99 Å². The highest BCUT2D eigenvalue weighted by Gasteiger charge is 2.12. The van der Waals surface area contributed by atoms with Crippen molar-refractivity contribution in [3.05, 3.63) is 0 Å². The van der Waals surface area contributed by atoms with Gasteiger partial charge in [-0.1, -0.05) is 0 Å². The number of aliphatic imine (C=N–C) groups is 1. The minimum Gasteiger partial charge on any atom is -0.373 e. The van der Waals surface area contributed by atoms with Crippen LogP contribution in [0.1, 0.15) is 19.3 Å². The summed E-state index contributed by atoms with van der Waals surface area (Å²) in [7, 11) is 0. The predicted molar refractivity (Wildman–Crippen MR) is 50.6 cm³/mol. The van der Waals surface area contributed by atoms with Crippen molar-refractivity contribution in [2.45, 2.75) is 19.3 Å². The van der Waals surface area contributed by atoms with Gasteiger partial charge in [0.25, 0.3) is 0 Å². The molecule has 0 amide bonds. The Labute approximate surface area is 73.9 Å². The molecule has 0 atom stereocenters. The molecule has 0 unspecified atom stereocenters. The molecule has 0 saturated carbocycles. The van der Waals surface area contributed by atoms with E-state index in [-0.39, 0.29) is 0 Å². The Hall–Kier alpha value is -0.570. The number of amidine groups is 1. The largest absolute Gasteiger partial charge is 0.373 e. The summed E-state index contributed by atoms with van der Waals surface area (Å²) >= 11 is 0. The van der Waals surface area contributed by atoms with Crippen LogP contribution in [-0.4, -0.2) is 43.5 Å². The zero-order valence-corrected chi connectivity index (χ0v) is 7.55. The summed E-state index contributed by atoms with van der Waals surface area (Å²) in [5.74, 6) is 1.23. The van der Waals surface area contributed by atoms with Gasteiger partial charge in [0.1, 0.15) is 0 Å². The number of nitrogens with zero attached hydrogens (tertiary/aromatic N) is 2. The average molecular weight is 167 g/mol. The summed E-state index contributed by atoms with van der Waals surface area (Å²) in [6.45, 7) is 5.91. The van der Waals surface area contributed by atoms with Crippen LogP contribution in [0.3, 0.4) is 0 Å². The van der Waals surface area contributed by atoms with E-state index in [1.54, 1.807) is 0 Å². The van der Waals surface area contributed by atoms with E-state index in [0.29, 0.717) is 0 Å². The molecule has 1 saturated heterocycles. The molecule has 2 heterocycles. The number of hydrogen-bond acceptors (Lipinski definition) is 3. The molecule has 0 aliphatic carbocycles. The van der Waals surface area contributed by atoms with Gasteiger partial charge < -0.3 is 10.2 Å². The smallest absolute Gasteiger partial charge is 0.0964 e. The first kappa shape index (κ1) is 8.05. The number of nitrogens with one attached hydrogen (secondary N) is 1.